The average molecular weight is 443 g/mol. The summed E-state index contributed by atoms with van der Waals surface area (Å²) in [7, 11) is -2.54. The molecule has 1 heterocycles. The molecule has 0 aliphatic heterocycles. The summed E-state index contributed by atoms with van der Waals surface area (Å²) in [5.41, 5.74) is 6.30. The molecule has 0 spiro atoms. The molecule has 11 heteroatoms. The van der Waals surface area contributed by atoms with Gasteiger partial charge in [-0.2, -0.15) is 9.29 Å². The molecule has 2 N–H and O–H groups in total. The largest absolute Gasteiger partial charge is 0.334 e. The quantitative estimate of drug-likeness (QED) is 0.550. The van der Waals surface area contributed by atoms with Crippen molar-refractivity contribution >= 4 is 21.8 Å². The third kappa shape index (κ3) is 5.32. The van der Waals surface area contributed by atoms with E-state index in [1.54, 1.807) is 31.2 Å². The lowest BCUT2D eigenvalue weighted by atomic mass is 10.1. The number of hydrazine groups is 1. The first kappa shape index (κ1) is 22.1. The molecule has 3 aromatic rings. The maximum Gasteiger partial charge on any atom is 0.269 e. The van der Waals surface area contributed by atoms with Crippen molar-refractivity contribution in [2.45, 2.75) is 18.7 Å². The topological polar surface area (TPSA) is 134 Å². The fourth-order valence-corrected chi connectivity index (χ4v) is 3.72. The Bertz CT molecular complexity index is 1190. The Balaban J connectivity index is 1.55. The molecule has 0 radical (unpaired) electrons. The highest BCUT2D eigenvalue weighted by atomic mass is 32.2. The highest BCUT2D eigenvalue weighted by Crippen LogP contribution is 2.17. The predicted octanol–water partition coefficient (Wildman–Crippen LogP) is 1.44. The highest BCUT2D eigenvalue weighted by Gasteiger charge is 2.23. The number of hydrogen-bond acceptors (Lipinski definition) is 7. The van der Waals surface area contributed by atoms with Gasteiger partial charge in [-0.1, -0.05) is 22.9 Å². The zero-order chi connectivity index (χ0) is 22.6. The molecule has 0 atom stereocenters. The van der Waals surface area contributed by atoms with E-state index < -0.39 is 28.4 Å². The predicted molar refractivity (Wildman–Crippen MR) is 111 cm³/mol. The summed E-state index contributed by atoms with van der Waals surface area (Å²) in [5.74, 6) is -0.431. The third-order valence-electron chi connectivity index (χ3n) is 4.33. The molecule has 0 aliphatic carbocycles. The van der Waals surface area contributed by atoms with E-state index in [-0.39, 0.29) is 10.5 Å². The van der Waals surface area contributed by atoms with Crippen molar-refractivity contribution in [3.8, 4) is 11.5 Å². The van der Waals surface area contributed by atoms with Crippen LogP contribution in [0.3, 0.4) is 0 Å². The molecule has 3 rings (SSSR count). The van der Waals surface area contributed by atoms with Gasteiger partial charge in [-0.25, -0.2) is 8.42 Å². The first-order valence-electron chi connectivity index (χ1n) is 9.20. The van der Waals surface area contributed by atoms with Gasteiger partial charge in [0.2, 0.25) is 10.0 Å². The average Bonchev–Trinajstić information content (AvgIpc) is 3.18. The summed E-state index contributed by atoms with van der Waals surface area (Å²) in [6, 6.07) is 12.6. The Morgan fingerprint density at radius 3 is 2.23 bits per heavy atom. The van der Waals surface area contributed by atoms with Gasteiger partial charge in [-0.05, 0) is 50.2 Å². The van der Waals surface area contributed by atoms with Gasteiger partial charge >= 0.3 is 0 Å². The Kier molecular flexibility index (Phi) is 6.47. The summed E-state index contributed by atoms with van der Waals surface area (Å²) >= 11 is 0. The van der Waals surface area contributed by atoms with Crippen molar-refractivity contribution in [2.24, 2.45) is 0 Å². The van der Waals surface area contributed by atoms with E-state index in [1.165, 1.54) is 31.3 Å². The summed E-state index contributed by atoms with van der Waals surface area (Å²) in [6.45, 7) is 3.07. The number of nitrogens with zero attached hydrogens (tertiary/aromatic N) is 3. The van der Waals surface area contributed by atoms with Crippen LogP contribution in [0.15, 0.2) is 57.9 Å². The lowest BCUT2D eigenvalue weighted by Gasteiger charge is -2.17. The van der Waals surface area contributed by atoms with E-state index in [0.29, 0.717) is 17.3 Å². The first-order valence-corrected chi connectivity index (χ1v) is 10.6. The molecule has 31 heavy (non-hydrogen) atoms. The number of aryl methyl sites for hydroxylation is 2. The summed E-state index contributed by atoms with van der Waals surface area (Å²) in [4.78, 5) is 28.5. The number of aromatic nitrogens is 2. The van der Waals surface area contributed by atoms with Gasteiger partial charge in [-0.15, -0.1) is 0 Å². The number of rotatable bonds is 6. The van der Waals surface area contributed by atoms with E-state index in [1.807, 2.05) is 6.92 Å². The van der Waals surface area contributed by atoms with Gasteiger partial charge in [0.25, 0.3) is 17.7 Å². The van der Waals surface area contributed by atoms with Gasteiger partial charge in [0.15, 0.2) is 5.82 Å². The van der Waals surface area contributed by atoms with E-state index in [2.05, 4.69) is 21.0 Å². The number of likely N-dealkylation sites (N-methyl/N-ethyl adjacent to an activating group) is 1. The second-order valence-corrected chi connectivity index (χ2v) is 8.85. The summed E-state index contributed by atoms with van der Waals surface area (Å²) < 4.78 is 31.0. The van der Waals surface area contributed by atoms with Crippen molar-refractivity contribution < 1.29 is 22.5 Å². The maximum absolute atomic E-state index is 12.5. The minimum Gasteiger partial charge on any atom is -0.334 e. The fraction of sp³-hybridized carbons (Fsp3) is 0.200. The Hall–Kier alpha value is -3.57. The van der Waals surface area contributed by atoms with Crippen LogP contribution >= 0.6 is 0 Å². The molecule has 0 bridgehead atoms. The third-order valence-corrected chi connectivity index (χ3v) is 6.15. The van der Waals surface area contributed by atoms with Crippen molar-refractivity contribution in [1.29, 1.82) is 0 Å². The first-order chi connectivity index (χ1) is 14.7. The SMILES string of the molecule is Cc1ccc(S(=O)(=O)N(C)CC(=O)NNC(=O)c2ccc(-c3nc(C)no3)cc2)cc1. The monoisotopic (exact) mass is 443 g/mol. The number of amides is 2. The van der Waals surface area contributed by atoms with Crippen LogP contribution < -0.4 is 10.9 Å². The minimum atomic E-state index is -3.83. The van der Waals surface area contributed by atoms with Crippen molar-refractivity contribution in [3.05, 3.63) is 65.5 Å². The van der Waals surface area contributed by atoms with Gasteiger partial charge in [0.1, 0.15) is 0 Å². The van der Waals surface area contributed by atoms with E-state index >= 15 is 0 Å². The lowest BCUT2D eigenvalue weighted by molar-refractivity contribution is -0.121. The number of hydrogen-bond donors (Lipinski definition) is 2. The fourth-order valence-electron chi connectivity index (χ4n) is 2.59. The minimum absolute atomic E-state index is 0.0777. The van der Waals surface area contributed by atoms with E-state index in [4.69, 9.17) is 4.52 Å². The van der Waals surface area contributed by atoms with Gasteiger partial charge < -0.3 is 4.52 Å². The molecular weight excluding hydrogens is 422 g/mol. The van der Waals surface area contributed by atoms with Crippen LogP contribution in [0.1, 0.15) is 21.7 Å². The molecule has 0 fully saturated rings. The van der Waals surface area contributed by atoms with Crippen LogP contribution in [-0.2, 0) is 14.8 Å². The number of sulfonamides is 1. The zero-order valence-corrected chi connectivity index (χ0v) is 17.9. The summed E-state index contributed by atoms with van der Waals surface area (Å²) in [6.07, 6.45) is 0. The van der Waals surface area contributed by atoms with Crippen LogP contribution in [0.25, 0.3) is 11.5 Å². The van der Waals surface area contributed by atoms with Crippen LogP contribution in [0.5, 0.6) is 0 Å². The standard InChI is InChI=1S/C20H21N5O5S/c1-13-4-10-17(11-5-13)31(28,29)25(3)12-18(26)22-23-19(27)15-6-8-16(9-7-15)20-21-14(2)24-30-20/h4-11H,12H2,1-3H3,(H,22,26)(H,23,27). The Labute approximate surface area is 179 Å². The smallest absolute Gasteiger partial charge is 0.269 e. The number of carbonyl (C=O) groups is 2. The number of carbonyl (C=O) groups excluding carboxylic acids is 2. The van der Waals surface area contributed by atoms with E-state index in [0.717, 1.165) is 9.87 Å². The van der Waals surface area contributed by atoms with Crippen molar-refractivity contribution in [3.63, 3.8) is 0 Å². The molecule has 0 saturated carbocycles. The second-order valence-electron chi connectivity index (χ2n) is 6.80. The van der Waals surface area contributed by atoms with Crippen LogP contribution in [0.2, 0.25) is 0 Å². The van der Waals surface area contributed by atoms with E-state index in [9.17, 15) is 18.0 Å². The molecule has 1 aromatic heterocycles. The van der Waals surface area contributed by atoms with Crippen LogP contribution in [-0.4, -0.2) is 48.3 Å². The summed E-state index contributed by atoms with van der Waals surface area (Å²) in [5, 5.41) is 3.70. The van der Waals surface area contributed by atoms with Gasteiger partial charge in [0, 0.05) is 18.2 Å². The molecule has 2 amide bonds. The van der Waals surface area contributed by atoms with Crippen molar-refractivity contribution in [2.75, 3.05) is 13.6 Å². The molecular formula is C20H21N5O5S. The Morgan fingerprint density at radius 1 is 1.00 bits per heavy atom. The number of nitrogens with one attached hydrogen (secondary N) is 2. The molecule has 0 aliphatic rings. The lowest BCUT2D eigenvalue weighted by Crippen LogP contribution is -2.46. The van der Waals surface area contributed by atoms with Crippen molar-refractivity contribution in [1.82, 2.24) is 25.3 Å². The molecule has 0 saturated heterocycles. The van der Waals surface area contributed by atoms with Crippen LogP contribution in [0.4, 0.5) is 0 Å². The maximum atomic E-state index is 12.5. The molecule has 2 aromatic carbocycles. The molecule has 0 unspecified atom stereocenters. The molecule has 162 valence electrons. The second kappa shape index (κ2) is 9.06. The number of benzene rings is 2. The van der Waals surface area contributed by atoms with Gasteiger partial charge in [0.05, 0.1) is 11.4 Å². The normalized spacial score (nSPS) is 11.4. The Morgan fingerprint density at radius 2 is 1.65 bits per heavy atom. The zero-order valence-electron chi connectivity index (χ0n) is 17.1. The van der Waals surface area contributed by atoms with Gasteiger partial charge in [-0.3, -0.25) is 20.4 Å². The molecule has 10 nitrogen and oxygen atoms in total. The highest BCUT2D eigenvalue weighted by molar-refractivity contribution is 7.89. The van der Waals surface area contributed by atoms with Crippen LogP contribution in [0, 0.1) is 13.8 Å².